The van der Waals surface area contributed by atoms with Crippen molar-refractivity contribution in [2.45, 2.75) is 0 Å². The van der Waals surface area contributed by atoms with E-state index in [-0.39, 0.29) is 11.3 Å². The minimum absolute atomic E-state index is 0.0417. The molecule has 3 heteroatoms. The summed E-state index contributed by atoms with van der Waals surface area (Å²) in [4.78, 5) is 11.8. The molecule has 0 aliphatic rings. The van der Waals surface area contributed by atoms with Crippen molar-refractivity contribution in [3.05, 3.63) is 115 Å². The molecule has 7 rings (SSSR count). The van der Waals surface area contributed by atoms with E-state index in [1.807, 2.05) is 18.2 Å². The van der Waals surface area contributed by atoms with Crippen LogP contribution in [-0.4, -0.2) is 16.2 Å². The van der Waals surface area contributed by atoms with Gasteiger partial charge in [0.2, 0.25) is 0 Å². The second-order valence-corrected chi connectivity index (χ2v) is 9.36. The van der Waals surface area contributed by atoms with Crippen LogP contribution < -0.4 is 0 Å². The number of hydrogen-bond acceptors (Lipinski definition) is 2. The summed E-state index contributed by atoms with van der Waals surface area (Å²) in [5, 5.41) is 31.3. The fraction of sp³-hybridized carbons (Fsp3) is 0. The average molecular weight is 465 g/mol. The first-order valence-corrected chi connectivity index (χ1v) is 11.8. The molecule has 0 spiro atoms. The number of fused-ring (bicyclic) bond motifs is 6. The van der Waals surface area contributed by atoms with Crippen molar-refractivity contribution in [1.82, 2.24) is 0 Å². The molecule has 0 radical (unpaired) electrons. The van der Waals surface area contributed by atoms with Crippen molar-refractivity contribution >= 4 is 59.8 Å². The van der Waals surface area contributed by atoms with Gasteiger partial charge in [-0.3, -0.25) is 0 Å². The molecule has 7 aromatic carbocycles. The predicted molar refractivity (Wildman–Crippen MR) is 148 cm³/mol. The van der Waals surface area contributed by atoms with Crippen LogP contribution in [0.2, 0.25) is 0 Å². The Labute approximate surface area is 206 Å². The molecule has 0 bridgehead atoms. The van der Waals surface area contributed by atoms with Crippen molar-refractivity contribution < 1.29 is 15.0 Å². The van der Waals surface area contributed by atoms with Crippen LogP contribution >= 0.6 is 0 Å². The van der Waals surface area contributed by atoms with Gasteiger partial charge in [0.1, 0.15) is 5.75 Å². The van der Waals surface area contributed by atoms with E-state index in [1.54, 1.807) is 0 Å². The first-order valence-electron chi connectivity index (χ1n) is 11.8. The molecule has 0 amide bonds. The van der Waals surface area contributed by atoms with Gasteiger partial charge in [0.05, 0.1) is 5.56 Å². The zero-order chi connectivity index (χ0) is 24.4. The third-order valence-corrected chi connectivity index (χ3v) is 7.16. The quantitative estimate of drug-likeness (QED) is 0.199. The molecule has 170 valence electrons. The summed E-state index contributed by atoms with van der Waals surface area (Å²) in [6.07, 6.45) is 0. The SMILES string of the molecule is O=C(O)c1ccc(O)cc1-c1ccc2cc3c(ccc4cc5cc6ccccc6cc5cc43)cc2c1. The molecule has 0 atom stereocenters. The van der Waals surface area contributed by atoms with Crippen LogP contribution in [0.1, 0.15) is 10.4 Å². The third kappa shape index (κ3) is 3.18. The molecule has 0 saturated carbocycles. The number of hydrogen-bond donors (Lipinski definition) is 2. The molecular weight excluding hydrogens is 444 g/mol. The normalized spacial score (nSPS) is 11.7. The summed E-state index contributed by atoms with van der Waals surface area (Å²) in [5.74, 6) is -0.977. The monoisotopic (exact) mass is 464 g/mol. The summed E-state index contributed by atoms with van der Waals surface area (Å²) in [6, 6.07) is 36.5. The van der Waals surface area contributed by atoms with Gasteiger partial charge < -0.3 is 10.2 Å². The molecule has 0 aliphatic heterocycles. The van der Waals surface area contributed by atoms with Crippen molar-refractivity contribution in [3.8, 4) is 16.9 Å². The molecule has 0 heterocycles. The number of phenolic OH excluding ortho intramolecular Hbond substituents is 1. The number of carboxylic acids is 1. The molecule has 0 fully saturated rings. The van der Waals surface area contributed by atoms with E-state index >= 15 is 0 Å². The lowest BCUT2D eigenvalue weighted by molar-refractivity contribution is 0.0697. The van der Waals surface area contributed by atoms with Crippen molar-refractivity contribution in [3.63, 3.8) is 0 Å². The van der Waals surface area contributed by atoms with E-state index in [2.05, 4.69) is 72.8 Å². The van der Waals surface area contributed by atoms with E-state index in [9.17, 15) is 15.0 Å². The van der Waals surface area contributed by atoms with Crippen molar-refractivity contribution in [1.29, 1.82) is 0 Å². The third-order valence-electron chi connectivity index (χ3n) is 7.16. The highest BCUT2D eigenvalue weighted by molar-refractivity contribution is 6.16. The van der Waals surface area contributed by atoms with Crippen LogP contribution in [0.5, 0.6) is 5.75 Å². The van der Waals surface area contributed by atoms with Crippen LogP contribution in [0.3, 0.4) is 0 Å². The van der Waals surface area contributed by atoms with Gasteiger partial charge in [0.25, 0.3) is 0 Å². The summed E-state index contributed by atoms with van der Waals surface area (Å²) < 4.78 is 0. The number of rotatable bonds is 2. The van der Waals surface area contributed by atoms with Crippen LogP contribution in [-0.2, 0) is 0 Å². The first kappa shape index (κ1) is 20.5. The lowest BCUT2D eigenvalue weighted by Crippen LogP contribution is -1.99. The van der Waals surface area contributed by atoms with E-state index in [0.29, 0.717) is 5.56 Å². The second-order valence-electron chi connectivity index (χ2n) is 9.36. The number of carboxylic acid groups (broad SMARTS) is 1. The van der Waals surface area contributed by atoms with E-state index in [4.69, 9.17) is 0 Å². The first-order chi connectivity index (χ1) is 17.5. The number of aromatic hydroxyl groups is 1. The maximum atomic E-state index is 11.8. The zero-order valence-electron chi connectivity index (χ0n) is 19.2. The number of benzene rings is 7. The van der Waals surface area contributed by atoms with E-state index < -0.39 is 5.97 Å². The Bertz CT molecular complexity index is 2040. The Morgan fingerprint density at radius 2 is 1.03 bits per heavy atom. The minimum atomic E-state index is -1.02. The van der Waals surface area contributed by atoms with E-state index in [1.165, 1.54) is 55.9 Å². The summed E-state index contributed by atoms with van der Waals surface area (Å²) in [7, 11) is 0. The maximum absolute atomic E-state index is 11.8. The molecule has 0 saturated heterocycles. The minimum Gasteiger partial charge on any atom is -0.508 e. The Balaban J connectivity index is 1.45. The van der Waals surface area contributed by atoms with Gasteiger partial charge in [0, 0.05) is 0 Å². The largest absolute Gasteiger partial charge is 0.508 e. The highest BCUT2D eigenvalue weighted by Gasteiger charge is 2.14. The smallest absolute Gasteiger partial charge is 0.336 e. The van der Waals surface area contributed by atoms with Gasteiger partial charge in [-0.05, 0) is 126 Å². The summed E-state index contributed by atoms with van der Waals surface area (Å²) in [5.41, 5.74) is 1.42. The van der Waals surface area contributed by atoms with Gasteiger partial charge in [-0.15, -0.1) is 0 Å². The van der Waals surface area contributed by atoms with Crippen LogP contribution in [0.25, 0.3) is 65.0 Å². The fourth-order valence-corrected chi connectivity index (χ4v) is 5.37. The molecule has 3 nitrogen and oxygen atoms in total. The topological polar surface area (TPSA) is 57.5 Å². The number of phenols is 1. The van der Waals surface area contributed by atoms with Gasteiger partial charge in [-0.2, -0.15) is 0 Å². The highest BCUT2D eigenvalue weighted by Crippen LogP contribution is 2.36. The van der Waals surface area contributed by atoms with Gasteiger partial charge in [0.15, 0.2) is 0 Å². The molecule has 0 aromatic heterocycles. The summed E-state index contributed by atoms with van der Waals surface area (Å²) in [6.45, 7) is 0. The van der Waals surface area contributed by atoms with Gasteiger partial charge in [-0.1, -0.05) is 48.5 Å². The Morgan fingerprint density at radius 3 is 1.69 bits per heavy atom. The fourth-order valence-electron chi connectivity index (χ4n) is 5.37. The predicted octanol–water partition coefficient (Wildman–Crippen LogP) is 8.52. The maximum Gasteiger partial charge on any atom is 0.336 e. The molecular formula is C33H20O3. The molecule has 36 heavy (non-hydrogen) atoms. The lowest BCUT2D eigenvalue weighted by atomic mass is 9.93. The average Bonchev–Trinajstić information content (AvgIpc) is 2.89. The van der Waals surface area contributed by atoms with Crippen LogP contribution in [0.4, 0.5) is 0 Å². The highest BCUT2D eigenvalue weighted by atomic mass is 16.4. The van der Waals surface area contributed by atoms with Gasteiger partial charge >= 0.3 is 5.97 Å². The van der Waals surface area contributed by atoms with Gasteiger partial charge in [-0.25, -0.2) is 4.79 Å². The molecule has 0 unspecified atom stereocenters. The second kappa shape index (κ2) is 7.56. The van der Waals surface area contributed by atoms with Crippen molar-refractivity contribution in [2.75, 3.05) is 0 Å². The zero-order valence-corrected chi connectivity index (χ0v) is 19.2. The standard InChI is InChI=1S/C33H20O3/c34-28-9-10-29(33(35)36)32(18-28)24-6-5-21-16-30-22(13-25(21)14-24)7-8-23-15-26-11-19-3-1-2-4-20(19)12-27(26)17-31(23)30/h1-18,34H,(H,35,36). The molecule has 2 N–H and O–H groups in total. The van der Waals surface area contributed by atoms with Crippen LogP contribution in [0, 0.1) is 0 Å². The number of carbonyl (C=O) groups is 1. The number of aromatic carboxylic acids is 1. The molecule has 7 aromatic rings. The molecule has 0 aliphatic carbocycles. The Kier molecular flexibility index (Phi) is 4.30. The van der Waals surface area contributed by atoms with E-state index in [0.717, 1.165) is 21.7 Å². The lowest BCUT2D eigenvalue weighted by Gasteiger charge is -2.11. The Morgan fingerprint density at radius 1 is 0.500 bits per heavy atom. The van der Waals surface area contributed by atoms with Crippen LogP contribution in [0.15, 0.2) is 109 Å². The summed E-state index contributed by atoms with van der Waals surface area (Å²) >= 11 is 0. The van der Waals surface area contributed by atoms with Crippen molar-refractivity contribution in [2.24, 2.45) is 0 Å². The Hall–Kier alpha value is -4.89.